The minimum Gasteiger partial charge on any atom is -0.394 e. The summed E-state index contributed by atoms with van der Waals surface area (Å²) >= 11 is 0. The summed E-state index contributed by atoms with van der Waals surface area (Å²) < 4.78 is 17.2. The van der Waals surface area contributed by atoms with Crippen molar-refractivity contribution in [3.63, 3.8) is 0 Å². The van der Waals surface area contributed by atoms with Crippen molar-refractivity contribution >= 4 is 5.91 Å². The van der Waals surface area contributed by atoms with Gasteiger partial charge in [-0.3, -0.25) is 9.18 Å². The number of halogens is 1. The van der Waals surface area contributed by atoms with Crippen molar-refractivity contribution in [2.45, 2.75) is 44.6 Å². The van der Waals surface area contributed by atoms with Crippen LogP contribution in [0.25, 0.3) is 0 Å². The number of carbonyl (C=O) groups is 1. The van der Waals surface area contributed by atoms with E-state index in [1.807, 2.05) is 0 Å². The SMILES string of the molecule is C/C(=C/NC1CC(O)C(CO)O1)C(=O)NCCCCF. The van der Waals surface area contributed by atoms with E-state index in [0.29, 0.717) is 31.4 Å². The van der Waals surface area contributed by atoms with Crippen LogP contribution in [0.2, 0.25) is 0 Å². The molecule has 1 amide bonds. The summed E-state index contributed by atoms with van der Waals surface area (Å²) in [5.74, 6) is -0.228. The maximum Gasteiger partial charge on any atom is 0.248 e. The summed E-state index contributed by atoms with van der Waals surface area (Å²) in [6.07, 6.45) is 1.21. The molecule has 1 heterocycles. The second-order valence-corrected chi connectivity index (χ2v) is 4.79. The van der Waals surface area contributed by atoms with E-state index < -0.39 is 18.4 Å². The number of aliphatic hydroxyl groups excluding tert-OH is 2. The van der Waals surface area contributed by atoms with E-state index in [2.05, 4.69) is 10.6 Å². The Kier molecular flexibility index (Phi) is 7.50. The zero-order chi connectivity index (χ0) is 15.0. The lowest BCUT2D eigenvalue weighted by atomic mass is 10.2. The van der Waals surface area contributed by atoms with E-state index in [1.165, 1.54) is 6.20 Å². The number of amides is 1. The Balaban J connectivity index is 2.29. The smallest absolute Gasteiger partial charge is 0.248 e. The lowest BCUT2D eigenvalue weighted by Crippen LogP contribution is -2.29. The van der Waals surface area contributed by atoms with E-state index >= 15 is 0 Å². The maximum absolute atomic E-state index is 11.9. The van der Waals surface area contributed by atoms with Crippen molar-refractivity contribution in [1.29, 1.82) is 0 Å². The third kappa shape index (κ3) is 5.44. The predicted octanol–water partition coefficient (Wildman–Crippen LogP) is -0.186. The van der Waals surface area contributed by atoms with Crippen molar-refractivity contribution in [1.82, 2.24) is 10.6 Å². The van der Waals surface area contributed by atoms with Crippen LogP contribution in [-0.4, -0.2) is 54.4 Å². The van der Waals surface area contributed by atoms with Crippen LogP contribution in [-0.2, 0) is 9.53 Å². The van der Waals surface area contributed by atoms with Gasteiger partial charge in [0.2, 0.25) is 5.91 Å². The first-order chi connectivity index (χ1) is 9.58. The topological polar surface area (TPSA) is 90.8 Å². The van der Waals surface area contributed by atoms with E-state index in [0.717, 1.165) is 0 Å². The fourth-order valence-corrected chi connectivity index (χ4v) is 1.84. The highest BCUT2D eigenvalue weighted by molar-refractivity contribution is 5.92. The first kappa shape index (κ1) is 16.9. The molecule has 0 aromatic carbocycles. The van der Waals surface area contributed by atoms with E-state index in [-0.39, 0.29) is 19.2 Å². The normalized spacial score (nSPS) is 26.6. The Bertz CT molecular complexity index is 338. The molecule has 0 aromatic heterocycles. The Morgan fingerprint density at radius 1 is 1.50 bits per heavy atom. The Morgan fingerprint density at radius 2 is 2.25 bits per heavy atom. The molecule has 1 fully saturated rings. The van der Waals surface area contributed by atoms with Gasteiger partial charge in [0.15, 0.2) is 0 Å². The van der Waals surface area contributed by atoms with Crippen molar-refractivity contribution in [2.24, 2.45) is 0 Å². The van der Waals surface area contributed by atoms with Crippen molar-refractivity contribution < 1.29 is 24.1 Å². The second-order valence-electron chi connectivity index (χ2n) is 4.79. The molecule has 7 heteroatoms. The molecule has 1 rings (SSSR count). The highest BCUT2D eigenvalue weighted by atomic mass is 19.1. The molecule has 1 aliphatic heterocycles. The van der Waals surface area contributed by atoms with Gasteiger partial charge in [-0.2, -0.15) is 0 Å². The number of unbranched alkanes of at least 4 members (excludes halogenated alkanes) is 1. The predicted molar refractivity (Wildman–Crippen MR) is 71.5 cm³/mol. The molecule has 0 bridgehead atoms. The van der Waals surface area contributed by atoms with Crippen LogP contribution < -0.4 is 10.6 Å². The summed E-state index contributed by atoms with van der Waals surface area (Å²) in [6, 6.07) is 0. The summed E-state index contributed by atoms with van der Waals surface area (Å²) in [6.45, 7) is 1.47. The van der Waals surface area contributed by atoms with Gasteiger partial charge in [-0.05, 0) is 19.8 Å². The van der Waals surface area contributed by atoms with E-state index in [4.69, 9.17) is 9.84 Å². The largest absolute Gasteiger partial charge is 0.394 e. The molecule has 0 radical (unpaired) electrons. The molecule has 1 aliphatic rings. The Labute approximate surface area is 118 Å². The van der Waals surface area contributed by atoms with Crippen LogP contribution in [0.1, 0.15) is 26.2 Å². The second kappa shape index (κ2) is 8.89. The first-order valence-corrected chi connectivity index (χ1v) is 6.79. The van der Waals surface area contributed by atoms with Gasteiger partial charge in [0.1, 0.15) is 12.3 Å². The zero-order valence-electron chi connectivity index (χ0n) is 11.6. The maximum atomic E-state index is 11.9. The van der Waals surface area contributed by atoms with Crippen molar-refractivity contribution in [3.05, 3.63) is 11.8 Å². The number of alkyl halides is 1. The van der Waals surface area contributed by atoms with Gasteiger partial charge in [-0.15, -0.1) is 0 Å². The van der Waals surface area contributed by atoms with E-state index in [1.54, 1.807) is 6.92 Å². The molecule has 0 aromatic rings. The molecule has 3 unspecified atom stereocenters. The Morgan fingerprint density at radius 3 is 2.85 bits per heavy atom. The average molecular weight is 290 g/mol. The number of nitrogens with one attached hydrogen (secondary N) is 2. The lowest BCUT2D eigenvalue weighted by molar-refractivity contribution is -0.117. The lowest BCUT2D eigenvalue weighted by Gasteiger charge is -2.12. The fraction of sp³-hybridized carbons (Fsp3) is 0.769. The molecule has 116 valence electrons. The molecule has 4 N–H and O–H groups in total. The van der Waals surface area contributed by atoms with Crippen LogP contribution in [0.5, 0.6) is 0 Å². The highest BCUT2D eigenvalue weighted by Crippen LogP contribution is 2.18. The third-order valence-corrected chi connectivity index (χ3v) is 3.09. The summed E-state index contributed by atoms with van der Waals surface area (Å²) in [7, 11) is 0. The number of hydrogen-bond acceptors (Lipinski definition) is 5. The van der Waals surface area contributed by atoms with Gasteiger partial charge >= 0.3 is 0 Å². The Hall–Kier alpha value is -1.18. The molecule has 6 nitrogen and oxygen atoms in total. The zero-order valence-corrected chi connectivity index (χ0v) is 11.6. The van der Waals surface area contributed by atoms with Gasteiger partial charge in [-0.1, -0.05) is 0 Å². The van der Waals surface area contributed by atoms with Crippen LogP contribution in [0.15, 0.2) is 11.8 Å². The minimum absolute atomic E-state index is 0.228. The number of carbonyl (C=O) groups excluding carboxylic acids is 1. The quantitative estimate of drug-likeness (QED) is 0.367. The summed E-state index contributed by atoms with van der Waals surface area (Å²) in [4.78, 5) is 11.7. The fourth-order valence-electron chi connectivity index (χ4n) is 1.84. The summed E-state index contributed by atoms with van der Waals surface area (Å²) in [5.41, 5.74) is 0.468. The minimum atomic E-state index is -0.708. The van der Waals surface area contributed by atoms with Crippen LogP contribution >= 0.6 is 0 Å². The van der Waals surface area contributed by atoms with E-state index in [9.17, 15) is 14.3 Å². The summed E-state index contributed by atoms with van der Waals surface area (Å²) in [5, 5.41) is 24.0. The number of hydrogen-bond donors (Lipinski definition) is 4. The van der Waals surface area contributed by atoms with Gasteiger partial charge < -0.3 is 25.6 Å². The van der Waals surface area contributed by atoms with Gasteiger partial charge in [0.05, 0.1) is 19.4 Å². The van der Waals surface area contributed by atoms with Crippen molar-refractivity contribution in [2.75, 3.05) is 19.8 Å². The van der Waals surface area contributed by atoms with Crippen LogP contribution in [0.4, 0.5) is 4.39 Å². The molecular formula is C13H23FN2O4. The standard InChI is InChI=1S/C13H23FN2O4/c1-9(13(19)15-5-3-2-4-14)7-16-12-6-10(18)11(8-17)20-12/h7,10-12,16-18H,2-6,8H2,1H3,(H,15,19)/b9-7-. The molecule has 0 spiro atoms. The molecule has 3 atom stereocenters. The van der Waals surface area contributed by atoms with Gasteiger partial charge in [0.25, 0.3) is 0 Å². The van der Waals surface area contributed by atoms with Gasteiger partial charge in [0, 0.05) is 24.7 Å². The monoisotopic (exact) mass is 290 g/mol. The molecular weight excluding hydrogens is 267 g/mol. The highest BCUT2D eigenvalue weighted by Gasteiger charge is 2.32. The molecule has 0 aliphatic carbocycles. The van der Waals surface area contributed by atoms with Gasteiger partial charge in [-0.25, -0.2) is 0 Å². The number of aliphatic hydroxyl groups is 2. The molecule has 0 saturated carbocycles. The van der Waals surface area contributed by atoms with Crippen LogP contribution in [0.3, 0.4) is 0 Å². The van der Waals surface area contributed by atoms with Crippen LogP contribution in [0, 0.1) is 0 Å². The first-order valence-electron chi connectivity index (χ1n) is 6.79. The third-order valence-electron chi connectivity index (χ3n) is 3.09. The average Bonchev–Trinajstić information content (AvgIpc) is 2.81. The molecule has 20 heavy (non-hydrogen) atoms. The number of ether oxygens (including phenoxy) is 1. The molecule has 1 saturated heterocycles. The number of rotatable bonds is 8. The van der Waals surface area contributed by atoms with Crippen molar-refractivity contribution in [3.8, 4) is 0 Å².